The third-order valence-corrected chi connectivity index (χ3v) is 4.11. The van der Waals surface area contributed by atoms with Gasteiger partial charge in [0, 0.05) is 30.8 Å². The maximum atomic E-state index is 10.9. The zero-order valence-electron chi connectivity index (χ0n) is 12.9. The van der Waals surface area contributed by atoms with Crippen molar-refractivity contribution in [3.63, 3.8) is 0 Å². The van der Waals surface area contributed by atoms with Gasteiger partial charge in [-0.15, -0.1) is 0 Å². The molecular weight excluding hydrogens is 266 g/mol. The fraction of sp³-hybridized carbons (Fsp3) is 0.625. The van der Waals surface area contributed by atoms with Crippen molar-refractivity contribution >= 4 is 5.69 Å². The fourth-order valence-corrected chi connectivity index (χ4v) is 3.05. The highest BCUT2D eigenvalue weighted by atomic mass is 16.6. The van der Waals surface area contributed by atoms with E-state index in [2.05, 4.69) is 24.1 Å². The third-order valence-electron chi connectivity index (χ3n) is 4.11. The standard InChI is InChI=1S/C16H25N3O2/c1-3-16(14-7-6-8-15(11-14)19(20)21)17-13(2)12-18-9-4-5-10-18/h6-8,11,13,16-17H,3-5,9-10,12H2,1-2H3. The van der Waals surface area contributed by atoms with E-state index in [0.29, 0.717) is 6.04 Å². The summed E-state index contributed by atoms with van der Waals surface area (Å²) in [5.41, 5.74) is 1.17. The third kappa shape index (κ3) is 4.51. The average molecular weight is 291 g/mol. The normalized spacial score (nSPS) is 18.6. The second-order valence-corrected chi connectivity index (χ2v) is 5.89. The van der Waals surface area contributed by atoms with Crippen molar-refractivity contribution in [2.75, 3.05) is 19.6 Å². The van der Waals surface area contributed by atoms with Crippen molar-refractivity contribution < 1.29 is 4.92 Å². The maximum Gasteiger partial charge on any atom is 0.269 e. The van der Waals surface area contributed by atoms with Gasteiger partial charge in [0.1, 0.15) is 0 Å². The summed E-state index contributed by atoms with van der Waals surface area (Å²) < 4.78 is 0. The van der Waals surface area contributed by atoms with Gasteiger partial charge in [-0.3, -0.25) is 10.1 Å². The van der Waals surface area contributed by atoms with Crippen LogP contribution >= 0.6 is 0 Å². The number of nitro benzene ring substituents is 1. The molecule has 0 saturated carbocycles. The van der Waals surface area contributed by atoms with E-state index in [0.717, 1.165) is 18.5 Å². The first-order valence-electron chi connectivity index (χ1n) is 7.83. The molecule has 0 radical (unpaired) electrons. The van der Waals surface area contributed by atoms with Gasteiger partial charge in [-0.1, -0.05) is 19.1 Å². The fourth-order valence-electron chi connectivity index (χ4n) is 3.05. The molecule has 5 nitrogen and oxygen atoms in total. The summed E-state index contributed by atoms with van der Waals surface area (Å²) in [5.74, 6) is 0. The molecule has 2 rings (SSSR count). The van der Waals surface area contributed by atoms with Crippen LogP contribution in [0.25, 0.3) is 0 Å². The van der Waals surface area contributed by atoms with E-state index >= 15 is 0 Å². The lowest BCUT2D eigenvalue weighted by molar-refractivity contribution is -0.384. The van der Waals surface area contributed by atoms with Crippen molar-refractivity contribution in [2.45, 2.75) is 45.2 Å². The minimum atomic E-state index is -0.329. The highest BCUT2D eigenvalue weighted by Crippen LogP contribution is 2.22. The molecule has 0 aliphatic carbocycles. The van der Waals surface area contributed by atoms with Gasteiger partial charge in [0.05, 0.1) is 4.92 Å². The largest absolute Gasteiger partial charge is 0.306 e. The summed E-state index contributed by atoms with van der Waals surface area (Å²) in [5, 5.41) is 14.5. The lowest BCUT2D eigenvalue weighted by atomic mass is 10.0. The molecule has 1 N–H and O–H groups in total. The van der Waals surface area contributed by atoms with Gasteiger partial charge in [0.15, 0.2) is 0 Å². The Morgan fingerprint density at radius 1 is 1.38 bits per heavy atom. The Kier molecular flexibility index (Phi) is 5.70. The molecule has 0 spiro atoms. The summed E-state index contributed by atoms with van der Waals surface area (Å²) in [6.45, 7) is 7.74. The topological polar surface area (TPSA) is 58.4 Å². The minimum absolute atomic E-state index is 0.167. The van der Waals surface area contributed by atoms with Crippen LogP contribution in [0.5, 0.6) is 0 Å². The summed E-state index contributed by atoms with van der Waals surface area (Å²) in [4.78, 5) is 13.0. The number of hydrogen-bond acceptors (Lipinski definition) is 4. The molecule has 2 unspecified atom stereocenters. The van der Waals surface area contributed by atoms with Crippen molar-refractivity contribution in [3.8, 4) is 0 Å². The second-order valence-electron chi connectivity index (χ2n) is 5.89. The monoisotopic (exact) mass is 291 g/mol. The summed E-state index contributed by atoms with van der Waals surface area (Å²) in [6, 6.07) is 7.52. The first kappa shape index (κ1) is 15.9. The number of rotatable bonds is 7. The molecule has 0 aromatic heterocycles. The number of hydrogen-bond donors (Lipinski definition) is 1. The zero-order valence-corrected chi connectivity index (χ0v) is 12.9. The molecule has 1 aliphatic rings. The molecule has 21 heavy (non-hydrogen) atoms. The van der Waals surface area contributed by atoms with E-state index in [-0.39, 0.29) is 16.7 Å². The van der Waals surface area contributed by atoms with Crippen LogP contribution in [0, 0.1) is 10.1 Å². The van der Waals surface area contributed by atoms with E-state index in [1.165, 1.54) is 25.9 Å². The van der Waals surface area contributed by atoms with Crippen molar-refractivity contribution in [1.82, 2.24) is 10.2 Å². The molecule has 1 aliphatic heterocycles. The molecular formula is C16H25N3O2. The number of nitrogens with one attached hydrogen (secondary N) is 1. The van der Waals surface area contributed by atoms with E-state index in [9.17, 15) is 10.1 Å². The molecule has 1 saturated heterocycles. The molecule has 116 valence electrons. The lowest BCUT2D eigenvalue weighted by Crippen LogP contribution is -2.39. The molecule has 5 heteroatoms. The van der Waals surface area contributed by atoms with Crippen molar-refractivity contribution in [1.29, 1.82) is 0 Å². The smallest absolute Gasteiger partial charge is 0.269 e. The lowest BCUT2D eigenvalue weighted by Gasteiger charge is -2.26. The van der Waals surface area contributed by atoms with E-state index < -0.39 is 0 Å². The number of nitrogens with zero attached hydrogens (tertiary/aromatic N) is 2. The van der Waals surface area contributed by atoms with Crippen LogP contribution in [-0.2, 0) is 0 Å². The van der Waals surface area contributed by atoms with Crippen LogP contribution in [0.4, 0.5) is 5.69 Å². The Balaban J connectivity index is 1.98. The number of benzene rings is 1. The Bertz CT molecular complexity index is 472. The van der Waals surface area contributed by atoms with E-state index in [1.54, 1.807) is 18.2 Å². The summed E-state index contributed by atoms with van der Waals surface area (Å²) in [6.07, 6.45) is 3.52. The predicted molar refractivity (Wildman–Crippen MR) is 84.4 cm³/mol. The van der Waals surface area contributed by atoms with Gasteiger partial charge in [-0.05, 0) is 44.8 Å². The highest BCUT2D eigenvalue weighted by Gasteiger charge is 2.18. The number of nitro groups is 1. The Morgan fingerprint density at radius 3 is 2.71 bits per heavy atom. The van der Waals surface area contributed by atoms with E-state index in [1.807, 2.05) is 6.07 Å². The predicted octanol–water partition coefficient (Wildman–Crippen LogP) is 3.12. The number of non-ortho nitro benzene ring substituents is 1. The number of likely N-dealkylation sites (tertiary alicyclic amines) is 1. The van der Waals surface area contributed by atoms with Crippen LogP contribution in [0.1, 0.15) is 44.7 Å². The zero-order chi connectivity index (χ0) is 15.2. The molecule has 2 atom stereocenters. The first-order valence-corrected chi connectivity index (χ1v) is 7.83. The Labute approximate surface area is 126 Å². The van der Waals surface area contributed by atoms with Gasteiger partial charge < -0.3 is 10.2 Å². The van der Waals surface area contributed by atoms with E-state index in [4.69, 9.17) is 0 Å². The first-order chi connectivity index (χ1) is 10.1. The molecule has 1 aromatic rings. The van der Waals surface area contributed by atoms with Crippen LogP contribution < -0.4 is 5.32 Å². The second kappa shape index (κ2) is 7.52. The maximum absolute atomic E-state index is 10.9. The highest BCUT2D eigenvalue weighted by molar-refractivity contribution is 5.35. The molecule has 0 amide bonds. The van der Waals surface area contributed by atoms with Gasteiger partial charge in [-0.2, -0.15) is 0 Å². The van der Waals surface area contributed by atoms with Gasteiger partial charge >= 0.3 is 0 Å². The van der Waals surface area contributed by atoms with Crippen LogP contribution in [0.3, 0.4) is 0 Å². The Hall–Kier alpha value is -1.46. The quantitative estimate of drug-likeness (QED) is 0.619. The molecule has 1 aromatic carbocycles. The average Bonchev–Trinajstić information content (AvgIpc) is 2.97. The van der Waals surface area contributed by atoms with Gasteiger partial charge in [0.25, 0.3) is 5.69 Å². The SMILES string of the molecule is CCC(NC(C)CN1CCCC1)c1cccc([N+](=O)[O-])c1. The van der Waals surface area contributed by atoms with Gasteiger partial charge in [-0.25, -0.2) is 0 Å². The van der Waals surface area contributed by atoms with Crippen molar-refractivity contribution in [2.24, 2.45) is 0 Å². The molecule has 1 fully saturated rings. The van der Waals surface area contributed by atoms with Crippen molar-refractivity contribution in [3.05, 3.63) is 39.9 Å². The summed E-state index contributed by atoms with van der Waals surface area (Å²) in [7, 11) is 0. The molecule has 0 bridgehead atoms. The minimum Gasteiger partial charge on any atom is -0.306 e. The van der Waals surface area contributed by atoms with Crippen LogP contribution in [0.15, 0.2) is 24.3 Å². The van der Waals surface area contributed by atoms with Crippen LogP contribution in [0.2, 0.25) is 0 Å². The Morgan fingerprint density at radius 2 is 2.10 bits per heavy atom. The molecule has 1 heterocycles. The van der Waals surface area contributed by atoms with Gasteiger partial charge in [0.2, 0.25) is 0 Å². The summed E-state index contributed by atoms with van der Waals surface area (Å²) >= 11 is 0. The van der Waals surface area contributed by atoms with Crippen LogP contribution in [-0.4, -0.2) is 35.5 Å².